The van der Waals surface area contributed by atoms with Crippen LogP contribution in [0.15, 0.2) is 47.6 Å². The van der Waals surface area contributed by atoms with Crippen LogP contribution in [-0.4, -0.2) is 54.1 Å². The number of halogens is 4. The first-order valence-corrected chi connectivity index (χ1v) is 9.59. The van der Waals surface area contributed by atoms with Gasteiger partial charge in [0.05, 0.1) is 0 Å². The molecule has 2 heterocycles. The van der Waals surface area contributed by atoms with Gasteiger partial charge < -0.3 is 15.5 Å². The SMILES string of the molecule is CN=C(NCCNc1nccc(C(F)(F)F)n1)N1CCC(Cc2ccccc2)C1.I. The minimum Gasteiger partial charge on any atom is -0.354 e. The van der Waals surface area contributed by atoms with E-state index in [9.17, 15) is 13.2 Å². The monoisotopic (exact) mass is 534 g/mol. The maximum Gasteiger partial charge on any atom is 0.433 e. The largest absolute Gasteiger partial charge is 0.433 e. The van der Waals surface area contributed by atoms with Crippen molar-refractivity contribution in [3.63, 3.8) is 0 Å². The van der Waals surface area contributed by atoms with E-state index in [1.807, 2.05) is 6.07 Å². The predicted octanol–water partition coefficient (Wildman–Crippen LogP) is 3.67. The molecule has 0 bridgehead atoms. The van der Waals surface area contributed by atoms with E-state index in [4.69, 9.17) is 0 Å². The molecule has 1 aromatic carbocycles. The van der Waals surface area contributed by atoms with Gasteiger partial charge in [0, 0.05) is 39.4 Å². The summed E-state index contributed by atoms with van der Waals surface area (Å²) in [5.74, 6) is 1.33. The Bertz CT molecular complexity index is 816. The summed E-state index contributed by atoms with van der Waals surface area (Å²) >= 11 is 0. The predicted molar refractivity (Wildman–Crippen MR) is 122 cm³/mol. The number of guanidine groups is 1. The second-order valence-corrected chi connectivity index (χ2v) is 6.95. The van der Waals surface area contributed by atoms with Gasteiger partial charge in [-0.2, -0.15) is 13.2 Å². The van der Waals surface area contributed by atoms with Crippen LogP contribution in [0.25, 0.3) is 0 Å². The van der Waals surface area contributed by atoms with Crippen LogP contribution in [0.3, 0.4) is 0 Å². The van der Waals surface area contributed by atoms with Crippen molar-refractivity contribution in [1.82, 2.24) is 20.2 Å². The molecule has 1 aliphatic heterocycles. The summed E-state index contributed by atoms with van der Waals surface area (Å²) in [5.41, 5.74) is 0.382. The van der Waals surface area contributed by atoms with Crippen LogP contribution in [-0.2, 0) is 12.6 Å². The van der Waals surface area contributed by atoms with Gasteiger partial charge in [-0.3, -0.25) is 4.99 Å². The minimum absolute atomic E-state index is 0. The Morgan fingerprint density at radius 2 is 1.97 bits per heavy atom. The van der Waals surface area contributed by atoms with Crippen LogP contribution in [0.5, 0.6) is 0 Å². The van der Waals surface area contributed by atoms with E-state index in [0.29, 0.717) is 19.0 Å². The number of nitrogens with zero attached hydrogens (tertiary/aromatic N) is 4. The summed E-state index contributed by atoms with van der Waals surface area (Å²) in [6.45, 7) is 2.73. The molecule has 2 N–H and O–H groups in total. The minimum atomic E-state index is -4.48. The lowest BCUT2D eigenvalue weighted by molar-refractivity contribution is -0.141. The Hall–Kier alpha value is -2.11. The van der Waals surface area contributed by atoms with Crippen molar-refractivity contribution in [3.05, 3.63) is 53.9 Å². The Morgan fingerprint density at radius 1 is 1.20 bits per heavy atom. The Balaban J connectivity index is 0.00000320. The molecular formula is C20H26F3IN6. The van der Waals surface area contributed by atoms with Crippen LogP contribution in [0.4, 0.5) is 19.1 Å². The molecule has 2 aromatic rings. The lowest BCUT2D eigenvalue weighted by Crippen LogP contribution is -2.42. The average Bonchev–Trinajstić information content (AvgIpc) is 3.16. The molecule has 3 rings (SSSR count). The lowest BCUT2D eigenvalue weighted by Gasteiger charge is -2.22. The zero-order chi connectivity index (χ0) is 20.7. The maximum absolute atomic E-state index is 12.7. The molecule has 1 fully saturated rings. The number of aromatic nitrogens is 2. The molecule has 30 heavy (non-hydrogen) atoms. The van der Waals surface area contributed by atoms with E-state index in [1.165, 1.54) is 5.56 Å². The number of benzene rings is 1. The van der Waals surface area contributed by atoms with Crippen LogP contribution < -0.4 is 10.6 Å². The highest BCUT2D eigenvalue weighted by Crippen LogP contribution is 2.27. The Kier molecular flexibility index (Phi) is 9.12. The highest BCUT2D eigenvalue weighted by molar-refractivity contribution is 14.0. The first-order chi connectivity index (χ1) is 14.0. The molecule has 1 aromatic heterocycles. The van der Waals surface area contributed by atoms with Crippen LogP contribution in [0, 0.1) is 5.92 Å². The smallest absolute Gasteiger partial charge is 0.354 e. The number of alkyl halides is 3. The van der Waals surface area contributed by atoms with E-state index in [2.05, 4.69) is 54.8 Å². The molecular weight excluding hydrogens is 508 g/mol. The molecule has 10 heteroatoms. The van der Waals surface area contributed by atoms with Crippen LogP contribution in [0.2, 0.25) is 0 Å². The summed E-state index contributed by atoms with van der Waals surface area (Å²) < 4.78 is 38.1. The molecule has 0 spiro atoms. The summed E-state index contributed by atoms with van der Waals surface area (Å²) in [6, 6.07) is 11.3. The van der Waals surface area contributed by atoms with Gasteiger partial charge in [-0.1, -0.05) is 30.3 Å². The quantitative estimate of drug-likeness (QED) is 0.257. The molecule has 1 unspecified atom stereocenters. The fourth-order valence-corrected chi connectivity index (χ4v) is 3.42. The molecule has 1 saturated heterocycles. The number of rotatable bonds is 6. The third kappa shape index (κ3) is 6.99. The van der Waals surface area contributed by atoms with Crippen molar-refractivity contribution in [2.45, 2.75) is 19.0 Å². The van der Waals surface area contributed by atoms with E-state index in [1.54, 1.807) is 7.05 Å². The molecule has 0 saturated carbocycles. The van der Waals surface area contributed by atoms with Gasteiger partial charge in [0.2, 0.25) is 5.95 Å². The van der Waals surface area contributed by atoms with Gasteiger partial charge in [0.1, 0.15) is 5.69 Å². The number of likely N-dealkylation sites (tertiary alicyclic amines) is 1. The second-order valence-electron chi connectivity index (χ2n) is 6.95. The number of hydrogen-bond donors (Lipinski definition) is 2. The lowest BCUT2D eigenvalue weighted by atomic mass is 9.99. The second kappa shape index (κ2) is 11.3. The zero-order valence-corrected chi connectivity index (χ0v) is 19.0. The van der Waals surface area contributed by atoms with Crippen molar-refractivity contribution in [2.75, 3.05) is 38.5 Å². The first-order valence-electron chi connectivity index (χ1n) is 9.59. The van der Waals surface area contributed by atoms with Gasteiger partial charge in [-0.05, 0) is 30.4 Å². The van der Waals surface area contributed by atoms with Crippen molar-refractivity contribution < 1.29 is 13.2 Å². The number of hydrogen-bond acceptors (Lipinski definition) is 4. The topological polar surface area (TPSA) is 65.4 Å². The normalized spacial score (nSPS) is 16.9. The molecule has 1 atom stereocenters. The van der Waals surface area contributed by atoms with Crippen molar-refractivity contribution in [1.29, 1.82) is 0 Å². The van der Waals surface area contributed by atoms with E-state index in [0.717, 1.165) is 44.2 Å². The molecule has 164 valence electrons. The Labute approximate surface area is 191 Å². The number of anilines is 1. The zero-order valence-electron chi connectivity index (χ0n) is 16.7. The number of nitrogens with one attached hydrogen (secondary N) is 2. The van der Waals surface area contributed by atoms with Crippen molar-refractivity contribution in [2.24, 2.45) is 10.9 Å². The first kappa shape index (κ1) is 24.2. The summed E-state index contributed by atoms with van der Waals surface area (Å²) in [5, 5.41) is 6.06. The third-order valence-corrected chi connectivity index (χ3v) is 4.80. The highest BCUT2D eigenvalue weighted by atomic mass is 127. The highest BCUT2D eigenvalue weighted by Gasteiger charge is 2.32. The van der Waals surface area contributed by atoms with Crippen molar-refractivity contribution in [3.8, 4) is 0 Å². The summed E-state index contributed by atoms with van der Waals surface area (Å²) in [6.07, 6.45) is -1.23. The Morgan fingerprint density at radius 3 is 2.67 bits per heavy atom. The molecule has 0 radical (unpaired) electrons. The van der Waals surface area contributed by atoms with Crippen LogP contribution in [0.1, 0.15) is 17.7 Å². The van der Waals surface area contributed by atoms with Gasteiger partial charge >= 0.3 is 6.18 Å². The van der Waals surface area contributed by atoms with E-state index >= 15 is 0 Å². The summed E-state index contributed by atoms with van der Waals surface area (Å²) in [4.78, 5) is 13.9. The average molecular weight is 534 g/mol. The molecule has 6 nitrogen and oxygen atoms in total. The molecule has 0 aliphatic carbocycles. The number of aliphatic imine (C=N–C) groups is 1. The molecule has 0 amide bonds. The van der Waals surface area contributed by atoms with Crippen molar-refractivity contribution >= 4 is 35.9 Å². The fraction of sp³-hybridized carbons (Fsp3) is 0.450. The van der Waals surface area contributed by atoms with Crippen LogP contribution >= 0.6 is 24.0 Å². The van der Waals surface area contributed by atoms with Gasteiger partial charge in [0.25, 0.3) is 0 Å². The van der Waals surface area contributed by atoms with E-state index < -0.39 is 11.9 Å². The van der Waals surface area contributed by atoms with Gasteiger partial charge in [-0.15, -0.1) is 24.0 Å². The van der Waals surface area contributed by atoms with E-state index in [-0.39, 0.29) is 29.9 Å². The molecule has 1 aliphatic rings. The summed E-state index contributed by atoms with van der Waals surface area (Å²) in [7, 11) is 1.73. The standard InChI is InChI=1S/C20H25F3N6.HI/c1-24-19(29-12-8-16(14-29)13-15-5-3-2-4-6-15)27-11-10-26-18-25-9-7-17(28-18)20(21,22)23;/h2-7,9,16H,8,10-14H2,1H3,(H,24,27)(H,25,26,28);1H. The van der Waals surface area contributed by atoms with Gasteiger partial charge in [0.15, 0.2) is 5.96 Å². The maximum atomic E-state index is 12.7. The fourth-order valence-electron chi connectivity index (χ4n) is 3.42. The third-order valence-electron chi connectivity index (χ3n) is 4.80. The van der Waals surface area contributed by atoms with Gasteiger partial charge in [-0.25, -0.2) is 9.97 Å².